The number of carbonyl (C=O) groups is 1. The Labute approximate surface area is 92.6 Å². The lowest BCUT2D eigenvalue weighted by molar-refractivity contribution is -0.164. The number of piperidine rings is 1. The van der Waals surface area contributed by atoms with Crippen LogP contribution in [0.4, 0.5) is 0 Å². The lowest BCUT2D eigenvalue weighted by Gasteiger charge is -2.37. The first-order valence-corrected chi connectivity index (χ1v) is 5.88. The van der Waals surface area contributed by atoms with Crippen LogP contribution in [0, 0.1) is 0 Å². The van der Waals surface area contributed by atoms with Crippen molar-refractivity contribution in [3.05, 3.63) is 0 Å². The topological polar surface area (TPSA) is 38.3 Å². The Morgan fingerprint density at radius 2 is 2.07 bits per heavy atom. The molecule has 1 heterocycles. The molecule has 0 aromatic carbocycles. The maximum absolute atomic E-state index is 12.1. The highest BCUT2D eigenvalue weighted by Crippen LogP contribution is 2.26. The molecule has 1 fully saturated rings. The van der Waals surface area contributed by atoms with Gasteiger partial charge in [-0.25, -0.2) is 0 Å². The molecule has 1 N–H and O–H groups in total. The molecule has 0 aromatic rings. The fraction of sp³-hybridized carbons (Fsp3) is 0.917. The number of hydrogen-bond donors (Lipinski definition) is 1. The summed E-state index contributed by atoms with van der Waals surface area (Å²) in [5.74, 6) is -0.0859. The molecular weight excluding hydrogens is 190 g/mol. The van der Waals surface area contributed by atoms with Crippen molar-refractivity contribution < 1.29 is 9.53 Å². The second-order valence-corrected chi connectivity index (χ2v) is 5.32. The van der Waals surface area contributed by atoms with E-state index in [-0.39, 0.29) is 5.97 Å². The number of rotatable bonds is 2. The van der Waals surface area contributed by atoms with E-state index in [2.05, 4.69) is 5.32 Å². The predicted molar refractivity (Wildman–Crippen MR) is 60.7 cm³/mol. The van der Waals surface area contributed by atoms with Crippen LogP contribution < -0.4 is 5.32 Å². The number of carbonyl (C=O) groups excluding carboxylic acids is 1. The molecule has 1 atom stereocenters. The van der Waals surface area contributed by atoms with Crippen molar-refractivity contribution in [1.29, 1.82) is 0 Å². The fourth-order valence-electron chi connectivity index (χ4n) is 1.96. The largest absolute Gasteiger partial charge is 0.459 e. The first kappa shape index (κ1) is 12.5. The summed E-state index contributed by atoms with van der Waals surface area (Å²) in [7, 11) is 0. The zero-order valence-corrected chi connectivity index (χ0v) is 10.4. The minimum atomic E-state index is -0.425. The molecule has 0 aromatic heterocycles. The normalized spacial score (nSPS) is 27.5. The minimum absolute atomic E-state index is 0.0859. The van der Waals surface area contributed by atoms with Crippen molar-refractivity contribution in [2.24, 2.45) is 0 Å². The standard InChI is InChI=1S/C12H23NO2/c1-5-12(8-6-7-9-13-12)10(14)15-11(2,3)4/h13H,5-9H2,1-4H3. The van der Waals surface area contributed by atoms with Gasteiger partial charge in [-0.3, -0.25) is 4.79 Å². The van der Waals surface area contributed by atoms with Crippen molar-refractivity contribution in [1.82, 2.24) is 5.32 Å². The summed E-state index contributed by atoms with van der Waals surface area (Å²) < 4.78 is 5.47. The van der Waals surface area contributed by atoms with E-state index in [0.29, 0.717) is 0 Å². The first-order valence-electron chi connectivity index (χ1n) is 5.88. The van der Waals surface area contributed by atoms with E-state index >= 15 is 0 Å². The fourth-order valence-corrected chi connectivity index (χ4v) is 1.96. The molecule has 0 bridgehead atoms. The smallest absolute Gasteiger partial charge is 0.326 e. The SMILES string of the molecule is CCC1(C(=O)OC(C)(C)C)CCCCN1. The lowest BCUT2D eigenvalue weighted by Crippen LogP contribution is -2.56. The summed E-state index contributed by atoms with van der Waals surface area (Å²) in [6, 6.07) is 0. The van der Waals surface area contributed by atoms with Crippen molar-refractivity contribution in [2.45, 2.75) is 64.5 Å². The maximum Gasteiger partial charge on any atom is 0.326 e. The number of hydrogen-bond acceptors (Lipinski definition) is 3. The minimum Gasteiger partial charge on any atom is -0.459 e. The molecule has 0 radical (unpaired) electrons. The zero-order chi connectivity index (χ0) is 11.5. The summed E-state index contributed by atoms with van der Waals surface area (Å²) >= 11 is 0. The van der Waals surface area contributed by atoms with Crippen molar-refractivity contribution in [3.8, 4) is 0 Å². The quantitative estimate of drug-likeness (QED) is 0.715. The average Bonchev–Trinajstić information content (AvgIpc) is 2.16. The second kappa shape index (κ2) is 4.52. The predicted octanol–water partition coefficient (Wildman–Crippen LogP) is 2.25. The van der Waals surface area contributed by atoms with Crippen LogP contribution in [0.2, 0.25) is 0 Å². The Hall–Kier alpha value is -0.570. The summed E-state index contributed by atoms with van der Waals surface area (Å²) in [6.45, 7) is 8.71. The molecule has 3 nitrogen and oxygen atoms in total. The van der Waals surface area contributed by atoms with Crippen LogP contribution >= 0.6 is 0 Å². The van der Waals surface area contributed by atoms with Gasteiger partial charge in [0.1, 0.15) is 11.1 Å². The lowest BCUT2D eigenvalue weighted by atomic mass is 9.86. The highest BCUT2D eigenvalue weighted by molar-refractivity contribution is 5.81. The Balaban J connectivity index is 2.68. The summed E-state index contributed by atoms with van der Waals surface area (Å²) in [5.41, 5.74) is -0.816. The van der Waals surface area contributed by atoms with Gasteiger partial charge in [0.2, 0.25) is 0 Å². The van der Waals surface area contributed by atoms with Gasteiger partial charge in [-0.2, -0.15) is 0 Å². The van der Waals surface area contributed by atoms with Gasteiger partial charge in [-0.1, -0.05) is 6.92 Å². The summed E-state index contributed by atoms with van der Waals surface area (Å²) in [4.78, 5) is 12.1. The summed E-state index contributed by atoms with van der Waals surface area (Å²) in [6.07, 6.45) is 3.98. The molecule has 1 unspecified atom stereocenters. The van der Waals surface area contributed by atoms with Crippen LogP contribution in [0.1, 0.15) is 53.4 Å². The van der Waals surface area contributed by atoms with Gasteiger partial charge in [-0.05, 0) is 53.0 Å². The molecule has 0 amide bonds. The molecule has 0 spiro atoms. The summed E-state index contributed by atoms with van der Waals surface area (Å²) in [5, 5.41) is 3.33. The number of ether oxygens (including phenoxy) is 1. The van der Waals surface area contributed by atoms with Crippen LogP contribution in [0.5, 0.6) is 0 Å². The van der Waals surface area contributed by atoms with Crippen LogP contribution in [-0.2, 0) is 9.53 Å². The molecule has 15 heavy (non-hydrogen) atoms. The Morgan fingerprint density at radius 1 is 1.40 bits per heavy atom. The van der Waals surface area contributed by atoms with E-state index < -0.39 is 11.1 Å². The molecule has 0 saturated carbocycles. The van der Waals surface area contributed by atoms with Gasteiger partial charge in [0.15, 0.2) is 0 Å². The third-order valence-electron chi connectivity index (χ3n) is 2.89. The Morgan fingerprint density at radius 3 is 2.47 bits per heavy atom. The molecule has 88 valence electrons. The number of esters is 1. The van der Waals surface area contributed by atoms with Gasteiger partial charge < -0.3 is 10.1 Å². The number of nitrogens with one attached hydrogen (secondary N) is 1. The van der Waals surface area contributed by atoms with E-state index in [1.165, 1.54) is 0 Å². The van der Waals surface area contributed by atoms with Gasteiger partial charge >= 0.3 is 5.97 Å². The second-order valence-electron chi connectivity index (χ2n) is 5.32. The highest BCUT2D eigenvalue weighted by Gasteiger charge is 2.40. The van der Waals surface area contributed by atoms with Gasteiger partial charge in [0.25, 0.3) is 0 Å². The van der Waals surface area contributed by atoms with Gasteiger partial charge in [0.05, 0.1) is 0 Å². The Kier molecular flexibility index (Phi) is 3.77. The van der Waals surface area contributed by atoms with Crippen molar-refractivity contribution in [2.75, 3.05) is 6.54 Å². The van der Waals surface area contributed by atoms with Gasteiger partial charge in [0, 0.05) is 0 Å². The molecule has 0 aliphatic carbocycles. The molecule has 1 saturated heterocycles. The maximum atomic E-state index is 12.1. The molecule has 1 rings (SSSR count). The van der Waals surface area contributed by atoms with E-state index in [1.807, 2.05) is 27.7 Å². The van der Waals surface area contributed by atoms with E-state index in [0.717, 1.165) is 32.2 Å². The van der Waals surface area contributed by atoms with E-state index in [4.69, 9.17) is 4.74 Å². The Bertz CT molecular complexity index is 224. The molecule has 3 heteroatoms. The molecule has 1 aliphatic rings. The van der Waals surface area contributed by atoms with Crippen LogP contribution in [0.15, 0.2) is 0 Å². The monoisotopic (exact) mass is 213 g/mol. The van der Waals surface area contributed by atoms with E-state index in [9.17, 15) is 4.79 Å². The van der Waals surface area contributed by atoms with E-state index in [1.54, 1.807) is 0 Å². The van der Waals surface area contributed by atoms with Crippen LogP contribution in [0.25, 0.3) is 0 Å². The van der Waals surface area contributed by atoms with Gasteiger partial charge in [-0.15, -0.1) is 0 Å². The molecule has 1 aliphatic heterocycles. The average molecular weight is 213 g/mol. The first-order chi connectivity index (χ1) is 6.90. The van der Waals surface area contributed by atoms with Crippen LogP contribution in [-0.4, -0.2) is 23.7 Å². The third kappa shape index (κ3) is 3.20. The zero-order valence-electron chi connectivity index (χ0n) is 10.4. The molecular formula is C12H23NO2. The van der Waals surface area contributed by atoms with Crippen molar-refractivity contribution >= 4 is 5.97 Å². The van der Waals surface area contributed by atoms with Crippen LogP contribution in [0.3, 0.4) is 0 Å². The highest BCUT2D eigenvalue weighted by atomic mass is 16.6. The third-order valence-corrected chi connectivity index (χ3v) is 2.89. The van der Waals surface area contributed by atoms with Crippen molar-refractivity contribution in [3.63, 3.8) is 0 Å².